The number of hydrogen-bond donors (Lipinski definition) is 1. The Kier molecular flexibility index (Phi) is 5.26. The average molecular weight is 281 g/mol. The standard InChI is InChI=1S/C16H25ClN2/c1-12(2)19-9-4-3-6-14(11-18)16(19)13-7-5-8-15(17)10-13/h5,7-8,10,12,14,16H,3-4,6,9,11,18H2,1-2H3. The zero-order valence-electron chi connectivity index (χ0n) is 12.0. The predicted molar refractivity (Wildman–Crippen MR) is 82.4 cm³/mol. The third kappa shape index (κ3) is 3.50. The highest BCUT2D eigenvalue weighted by molar-refractivity contribution is 6.30. The molecule has 0 aliphatic carbocycles. The van der Waals surface area contributed by atoms with Crippen LogP contribution in [0.3, 0.4) is 0 Å². The van der Waals surface area contributed by atoms with E-state index in [9.17, 15) is 0 Å². The van der Waals surface area contributed by atoms with Gasteiger partial charge in [-0.1, -0.05) is 30.2 Å². The van der Waals surface area contributed by atoms with Crippen molar-refractivity contribution >= 4 is 11.6 Å². The van der Waals surface area contributed by atoms with Crippen LogP contribution >= 0.6 is 11.6 Å². The van der Waals surface area contributed by atoms with E-state index in [2.05, 4.69) is 36.9 Å². The molecule has 1 aromatic carbocycles. The normalized spacial score (nSPS) is 25.5. The van der Waals surface area contributed by atoms with Crippen molar-refractivity contribution in [3.8, 4) is 0 Å². The summed E-state index contributed by atoms with van der Waals surface area (Å²) in [6.07, 6.45) is 3.77. The van der Waals surface area contributed by atoms with Crippen molar-refractivity contribution in [1.82, 2.24) is 4.90 Å². The first kappa shape index (κ1) is 14.8. The van der Waals surface area contributed by atoms with Gasteiger partial charge in [0, 0.05) is 17.1 Å². The minimum Gasteiger partial charge on any atom is -0.330 e. The lowest BCUT2D eigenvalue weighted by Crippen LogP contribution is -2.39. The van der Waals surface area contributed by atoms with Gasteiger partial charge < -0.3 is 5.73 Å². The van der Waals surface area contributed by atoms with Crippen LogP contribution < -0.4 is 5.73 Å². The topological polar surface area (TPSA) is 29.3 Å². The SMILES string of the molecule is CC(C)N1CCCCC(CN)C1c1cccc(Cl)c1. The molecule has 0 radical (unpaired) electrons. The predicted octanol–water partition coefficient (Wildman–Crippen LogP) is 3.85. The highest BCUT2D eigenvalue weighted by atomic mass is 35.5. The number of hydrogen-bond acceptors (Lipinski definition) is 2. The minimum atomic E-state index is 0.409. The molecule has 3 heteroatoms. The molecule has 0 bridgehead atoms. The molecule has 2 nitrogen and oxygen atoms in total. The van der Waals surface area contributed by atoms with E-state index in [0.717, 1.165) is 18.1 Å². The van der Waals surface area contributed by atoms with Crippen molar-refractivity contribution in [2.24, 2.45) is 11.7 Å². The molecule has 1 aliphatic heterocycles. The molecule has 2 rings (SSSR count). The summed E-state index contributed by atoms with van der Waals surface area (Å²) >= 11 is 6.17. The first-order valence-corrected chi connectivity index (χ1v) is 7.72. The Morgan fingerprint density at radius 1 is 1.37 bits per heavy atom. The van der Waals surface area contributed by atoms with Crippen LogP contribution in [0.25, 0.3) is 0 Å². The molecule has 1 heterocycles. The van der Waals surface area contributed by atoms with Gasteiger partial charge in [0.05, 0.1) is 0 Å². The van der Waals surface area contributed by atoms with Gasteiger partial charge >= 0.3 is 0 Å². The average Bonchev–Trinajstić information content (AvgIpc) is 2.60. The molecule has 0 amide bonds. The number of halogens is 1. The van der Waals surface area contributed by atoms with E-state index in [4.69, 9.17) is 17.3 Å². The Bertz CT molecular complexity index is 405. The number of rotatable bonds is 3. The van der Waals surface area contributed by atoms with E-state index in [1.165, 1.54) is 24.8 Å². The fourth-order valence-corrected chi connectivity index (χ4v) is 3.45. The van der Waals surface area contributed by atoms with Crippen molar-refractivity contribution in [3.05, 3.63) is 34.9 Å². The number of benzene rings is 1. The molecule has 0 spiro atoms. The number of nitrogens with zero attached hydrogens (tertiary/aromatic N) is 1. The Morgan fingerprint density at radius 3 is 2.79 bits per heavy atom. The van der Waals surface area contributed by atoms with Gasteiger partial charge in [-0.3, -0.25) is 4.90 Å². The third-order valence-corrected chi connectivity index (χ3v) is 4.44. The van der Waals surface area contributed by atoms with Gasteiger partial charge in [0.2, 0.25) is 0 Å². The second kappa shape index (κ2) is 6.74. The molecule has 2 N–H and O–H groups in total. The second-order valence-electron chi connectivity index (χ2n) is 5.82. The third-order valence-electron chi connectivity index (χ3n) is 4.20. The van der Waals surface area contributed by atoms with E-state index in [-0.39, 0.29) is 0 Å². The lowest BCUT2D eigenvalue weighted by atomic mass is 9.88. The van der Waals surface area contributed by atoms with E-state index >= 15 is 0 Å². The van der Waals surface area contributed by atoms with Crippen molar-refractivity contribution in [2.75, 3.05) is 13.1 Å². The van der Waals surface area contributed by atoms with E-state index in [0.29, 0.717) is 18.0 Å². The summed E-state index contributed by atoms with van der Waals surface area (Å²) in [5.41, 5.74) is 7.36. The summed E-state index contributed by atoms with van der Waals surface area (Å²) in [5, 5.41) is 0.821. The van der Waals surface area contributed by atoms with Gasteiger partial charge in [0.25, 0.3) is 0 Å². The summed E-state index contributed by atoms with van der Waals surface area (Å²) in [6.45, 7) is 6.46. The Labute approximate surface area is 121 Å². The maximum absolute atomic E-state index is 6.17. The van der Waals surface area contributed by atoms with Crippen LogP contribution in [-0.2, 0) is 0 Å². The van der Waals surface area contributed by atoms with Crippen LogP contribution in [-0.4, -0.2) is 24.0 Å². The van der Waals surface area contributed by atoms with Crippen molar-refractivity contribution in [3.63, 3.8) is 0 Å². The molecule has 1 aliphatic rings. The first-order valence-electron chi connectivity index (χ1n) is 7.34. The first-order chi connectivity index (χ1) is 9.13. The van der Waals surface area contributed by atoms with E-state index in [1.54, 1.807) is 0 Å². The van der Waals surface area contributed by atoms with E-state index < -0.39 is 0 Å². The molecular formula is C16H25ClN2. The summed E-state index contributed by atoms with van der Waals surface area (Å²) in [4.78, 5) is 2.59. The van der Waals surface area contributed by atoms with Crippen LogP contribution in [0.4, 0.5) is 0 Å². The molecule has 1 fully saturated rings. The molecular weight excluding hydrogens is 256 g/mol. The van der Waals surface area contributed by atoms with Gasteiger partial charge in [-0.05, 0) is 63.4 Å². The summed E-state index contributed by atoms with van der Waals surface area (Å²) < 4.78 is 0. The summed E-state index contributed by atoms with van der Waals surface area (Å²) in [7, 11) is 0. The highest BCUT2D eigenvalue weighted by Gasteiger charge is 2.31. The highest BCUT2D eigenvalue weighted by Crippen LogP contribution is 2.36. The maximum atomic E-state index is 6.17. The van der Waals surface area contributed by atoms with Gasteiger partial charge in [-0.15, -0.1) is 0 Å². The zero-order valence-corrected chi connectivity index (χ0v) is 12.7. The van der Waals surface area contributed by atoms with Crippen LogP contribution in [0, 0.1) is 5.92 Å². The maximum Gasteiger partial charge on any atom is 0.0409 e. The second-order valence-corrected chi connectivity index (χ2v) is 6.26. The fourth-order valence-electron chi connectivity index (χ4n) is 3.25. The van der Waals surface area contributed by atoms with Crippen molar-refractivity contribution < 1.29 is 0 Å². The van der Waals surface area contributed by atoms with Crippen LogP contribution in [0.5, 0.6) is 0 Å². The molecule has 106 valence electrons. The minimum absolute atomic E-state index is 0.409. The van der Waals surface area contributed by atoms with Crippen molar-refractivity contribution in [2.45, 2.75) is 45.2 Å². The Morgan fingerprint density at radius 2 is 2.16 bits per heavy atom. The zero-order chi connectivity index (χ0) is 13.8. The molecule has 0 saturated carbocycles. The summed E-state index contributed by atoms with van der Waals surface area (Å²) in [6, 6.07) is 9.24. The lowest BCUT2D eigenvalue weighted by Gasteiger charge is -2.38. The molecule has 1 aromatic rings. The molecule has 0 aromatic heterocycles. The number of likely N-dealkylation sites (tertiary alicyclic amines) is 1. The quantitative estimate of drug-likeness (QED) is 0.911. The number of nitrogens with two attached hydrogens (primary N) is 1. The van der Waals surface area contributed by atoms with Gasteiger partial charge in [0.15, 0.2) is 0 Å². The van der Waals surface area contributed by atoms with Crippen molar-refractivity contribution in [1.29, 1.82) is 0 Å². The molecule has 19 heavy (non-hydrogen) atoms. The smallest absolute Gasteiger partial charge is 0.0409 e. The Balaban J connectivity index is 2.37. The monoisotopic (exact) mass is 280 g/mol. The van der Waals surface area contributed by atoms with E-state index in [1.807, 2.05) is 6.07 Å². The molecule has 2 unspecified atom stereocenters. The van der Waals surface area contributed by atoms with Gasteiger partial charge in [0.1, 0.15) is 0 Å². The van der Waals surface area contributed by atoms with Crippen LogP contribution in [0.15, 0.2) is 24.3 Å². The van der Waals surface area contributed by atoms with Gasteiger partial charge in [-0.25, -0.2) is 0 Å². The van der Waals surface area contributed by atoms with Gasteiger partial charge in [-0.2, -0.15) is 0 Å². The molecule has 2 atom stereocenters. The summed E-state index contributed by atoms with van der Waals surface area (Å²) in [5.74, 6) is 0.531. The van der Waals surface area contributed by atoms with Crippen LogP contribution in [0.1, 0.15) is 44.7 Å². The fraction of sp³-hybridized carbons (Fsp3) is 0.625. The largest absolute Gasteiger partial charge is 0.330 e. The Hall–Kier alpha value is -0.570. The van der Waals surface area contributed by atoms with Crippen LogP contribution in [0.2, 0.25) is 5.02 Å². The molecule has 1 saturated heterocycles. The lowest BCUT2D eigenvalue weighted by molar-refractivity contribution is 0.121.